The Morgan fingerprint density at radius 3 is 2.51 bits per heavy atom. The lowest BCUT2D eigenvalue weighted by Gasteiger charge is -2.21. The highest BCUT2D eigenvalue weighted by Gasteiger charge is 2.31. The number of aryl methyl sites for hydroxylation is 1. The summed E-state index contributed by atoms with van der Waals surface area (Å²) in [6.07, 6.45) is 10.1. The van der Waals surface area contributed by atoms with Gasteiger partial charge >= 0.3 is 0 Å². The molecule has 2 saturated carbocycles. The van der Waals surface area contributed by atoms with Gasteiger partial charge in [-0.3, -0.25) is 14.6 Å². The zero-order chi connectivity index (χ0) is 25.6. The molecule has 0 spiro atoms. The van der Waals surface area contributed by atoms with Gasteiger partial charge in [0.05, 0.1) is 22.3 Å². The molecule has 2 aliphatic rings. The molecule has 194 valence electrons. The van der Waals surface area contributed by atoms with Gasteiger partial charge in [-0.2, -0.15) is 0 Å². The number of aromatic nitrogens is 1. The average molecular weight is 517 g/mol. The highest BCUT2D eigenvalue weighted by molar-refractivity contribution is 7.14. The molecular formula is C30H36N4O2S. The minimum atomic E-state index is -0.474. The monoisotopic (exact) mass is 516 g/mol. The summed E-state index contributed by atoms with van der Waals surface area (Å²) < 4.78 is 0. The summed E-state index contributed by atoms with van der Waals surface area (Å²) >= 11 is 1.49. The first kappa shape index (κ1) is 25.5. The zero-order valence-corrected chi connectivity index (χ0v) is 22.2. The van der Waals surface area contributed by atoms with Crippen molar-refractivity contribution >= 4 is 28.8 Å². The fraction of sp³-hybridized carbons (Fsp3) is 0.433. The van der Waals surface area contributed by atoms with Crippen LogP contribution in [-0.2, 0) is 11.2 Å². The zero-order valence-electron chi connectivity index (χ0n) is 21.4. The molecule has 3 aromatic rings. The lowest BCUT2D eigenvalue weighted by Crippen LogP contribution is -2.48. The van der Waals surface area contributed by atoms with Crippen LogP contribution >= 0.6 is 11.3 Å². The number of hydrogen-bond donors (Lipinski definition) is 3. The van der Waals surface area contributed by atoms with Crippen LogP contribution < -0.4 is 16.0 Å². The number of benzene rings is 1. The molecule has 5 rings (SSSR count). The molecule has 7 heteroatoms. The Kier molecular flexibility index (Phi) is 8.19. The van der Waals surface area contributed by atoms with Crippen molar-refractivity contribution in [1.82, 2.24) is 15.6 Å². The molecule has 37 heavy (non-hydrogen) atoms. The first-order chi connectivity index (χ1) is 18.0. The summed E-state index contributed by atoms with van der Waals surface area (Å²) in [5.74, 6) is 0.313. The Hall–Kier alpha value is -3.19. The molecule has 0 saturated heterocycles. The van der Waals surface area contributed by atoms with Gasteiger partial charge in [-0.05, 0) is 68.4 Å². The number of anilines is 1. The Labute approximate surface area is 223 Å². The van der Waals surface area contributed by atoms with E-state index in [1.165, 1.54) is 29.7 Å². The lowest BCUT2D eigenvalue weighted by atomic mass is 9.97. The van der Waals surface area contributed by atoms with Crippen LogP contribution in [0.25, 0.3) is 0 Å². The minimum Gasteiger partial charge on any atom is -0.376 e. The topological polar surface area (TPSA) is 83.1 Å². The first-order valence-corrected chi connectivity index (χ1v) is 14.3. The summed E-state index contributed by atoms with van der Waals surface area (Å²) in [6, 6.07) is 18.0. The standard InChI is InChI=1S/C30H36N4O2S/c1-20-24(12-7-17-31-20)33-25(18-21-8-3-2-4-9-21)27-15-16-28(37-27)30(36)34-26(19-22-10-5-6-11-22)29(35)32-23-13-14-23/h2-4,7-9,12,15-17,22-23,25-26,33H,5-6,10-11,13-14,18-19H2,1H3,(H,32,35)(H,34,36). The van der Waals surface area contributed by atoms with Gasteiger partial charge in [0.15, 0.2) is 0 Å². The summed E-state index contributed by atoms with van der Waals surface area (Å²) in [7, 11) is 0. The predicted molar refractivity (Wildman–Crippen MR) is 149 cm³/mol. The van der Waals surface area contributed by atoms with Gasteiger partial charge < -0.3 is 16.0 Å². The van der Waals surface area contributed by atoms with Gasteiger partial charge in [0, 0.05) is 17.1 Å². The van der Waals surface area contributed by atoms with Gasteiger partial charge in [0.1, 0.15) is 6.04 Å². The third-order valence-corrected chi connectivity index (χ3v) is 8.60. The van der Waals surface area contributed by atoms with E-state index in [4.69, 9.17) is 0 Å². The van der Waals surface area contributed by atoms with E-state index in [1.54, 1.807) is 6.20 Å². The second-order valence-electron chi connectivity index (χ2n) is 10.4. The molecule has 2 aromatic heterocycles. The quantitative estimate of drug-likeness (QED) is 0.301. The van der Waals surface area contributed by atoms with Crippen molar-refractivity contribution in [2.75, 3.05) is 5.32 Å². The molecule has 1 aromatic carbocycles. The van der Waals surface area contributed by atoms with Crippen molar-refractivity contribution < 1.29 is 9.59 Å². The minimum absolute atomic E-state index is 0.00991. The molecule has 2 aliphatic carbocycles. The summed E-state index contributed by atoms with van der Waals surface area (Å²) in [6.45, 7) is 1.99. The third kappa shape index (κ3) is 6.98. The van der Waals surface area contributed by atoms with Crippen LogP contribution in [0.4, 0.5) is 5.69 Å². The van der Waals surface area contributed by atoms with Crippen LogP contribution in [0.2, 0.25) is 0 Å². The molecular weight excluding hydrogens is 480 g/mol. The van der Waals surface area contributed by atoms with E-state index >= 15 is 0 Å². The number of nitrogens with one attached hydrogen (secondary N) is 3. The Morgan fingerprint density at radius 2 is 1.78 bits per heavy atom. The van der Waals surface area contributed by atoms with Gasteiger partial charge in [-0.15, -0.1) is 11.3 Å². The van der Waals surface area contributed by atoms with Crippen molar-refractivity contribution in [3.05, 3.63) is 81.8 Å². The van der Waals surface area contributed by atoms with Crippen LogP contribution in [0.5, 0.6) is 0 Å². The van der Waals surface area contributed by atoms with E-state index in [0.29, 0.717) is 10.8 Å². The van der Waals surface area contributed by atoms with E-state index in [-0.39, 0.29) is 23.9 Å². The molecule has 2 fully saturated rings. The van der Waals surface area contributed by atoms with Crippen molar-refractivity contribution in [2.45, 2.75) is 76.4 Å². The number of carbonyl (C=O) groups excluding carboxylic acids is 2. The maximum Gasteiger partial charge on any atom is 0.262 e. The van der Waals surface area contributed by atoms with Crippen LogP contribution in [-0.4, -0.2) is 28.9 Å². The fourth-order valence-electron chi connectivity index (χ4n) is 5.13. The summed E-state index contributed by atoms with van der Waals surface area (Å²) in [5.41, 5.74) is 3.14. The van der Waals surface area contributed by atoms with Crippen LogP contribution in [0.3, 0.4) is 0 Å². The molecule has 0 bridgehead atoms. The Bertz CT molecular complexity index is 1200. The molecule has 2 heterocycles. The Morgan fingerprint density at radius 1 is 1.00 bits per heavy atom. The smallest absolute Gasteiger partial charge is 0.262 e. The van der Waals surface area contributed by atoms with E-state index in [2.05, 4.69) is 33.1 Å². The third-order valence-electron chi connectivity index (χ3n) is 7.40. The largest absolute Gasteiger partial charge is 0.376 e. The molecule has 6 nitrogen and oxygen atoms in total. The molecule has 0 aliphatic heterocycles. The maximum atomic E-state index is 13.3. The van der Waals surface area contributed by atoms with Crippen molar-refractivity contribution in [3.63, 3.8) is 0 Å². The molecule has 3 N–H and O–H groups in total. The molecule has 2 amide bonds. The number of rotatable bonds is 11. The first-order valence-electron chi connectivity index (χ1n) is 13.5. The number of nitrogens with zero attached hydrogens (tertiary/aromatic N) is 1. The summed E-state index contributed by atoms with van der Waals surface area (Å²) in [5, 5.41) is 9.84. The maximum absolute atomic E-state index is 13.3. The second kappa shape index (κ2) is 11.9. The second-order valence-corrected chi connectivity index (χ2v) is 11.5. The van der Waals surface area contributed by atoms with Gasteiger partial charge in [-0.25, -0.2) is 0 Å². The average Bonchev–Trinajstić information content (AvgIpc) is 3.34. The number of thiophene rings is 1. The van der Waals surface area contributed by atoms with Crippen molar-refractivity contribution in [3.8, 4) is 0 Å². The van der Waals surface area contributed by atoms with E-state index < -0.39 is 6.04 Å². The Balaban J connectivity index is 1.32. The van der Waals surface area contributed by atoms with E-state index in [9.17, 15) is 9.59 Å². The van der Waals surface area contributed by atoms with Crippen molar-refractivity contribution in [2.24, 2.45) is 5.92 Å². The molecule has 2 atom stereocenters. The predicted octanol–water partition coefficient (Wildman–Crippen LogP) is 5.80. The highest BCUT2D eigenvalue weighted by Crippen LogP contribution is 2.32. The molecule has 0 radical (unpaired) electrons. The van der Waals surface area contributed by atoms with Gasteiger partial charge in [0.2, 0.25) is 5.91 Å². The van der Waals surface area contributed by atoms with Gasteiger partial charge in [-0.1, -0.05) is 56.0 Å². The number of amides is 2. The van der Waals surface area contributed by atoms with Crippen LogP contribution in [0.1, 0.15) is 76.8 Å². The lowest BCUT2D eigenvalue weighted by molar-refractivity contribution is -0.123. The van der Waals surface area contributed by atoms with E-state index in [1.807, 2.05) is 49.4 Å². The van der Waals surface area contributed by atoms with Crippen LogP contribution in [0, 0.1) is 12.8 Å². The van der Waals surface area contributed by atoms with Crippen molar-refractivity contribution in [1.29, 1.82) is 0 Å². The van der Waals surface area contributed by atoms with Crippen LogP contribution in [0.15, 0.2) is 60.8 Å². The number of carbonyl (C=O) groups is 2. The fourth-order valence-corrected chi connectivity index (χ4v) is 6.09. The number of pyridine rings is 1. The number of hydrogen-bond acceptors (Lipinski definition) is 5. The SMILES string of the molecule is Cc1ncccc1NC(Cc1ccccc1)c1ccc(C(=O)NC(CC2CCCC2)C(=O)NC2CC2)s1. The summed E-state index contributed by atoms with van der Waals surface area (Å²) in [4.78, 5) is 32.4. The molecule has 2 unspecified atom stereocenters. The normalized spacial score (nSPS) is 17.2. The van der Waals surface area contributed by atoms with E-state index in [0.717, 1.165) is 54.8 Å². The highest BCUT2D eigenvalue weighted by atomic mass is 32.1. The van der Waals surface area contributed by atoms with Gasteiger partial charge in [0.25, 0.3) is 5.91 Å².